The first kappa shape index (κ1) is 16.1. The lowest BCUT2D eigenvalue weighted by Gasteiger charge is -2.29. The number of nitrogens with zero attached hydrogens (tertiary/aromatic N) is 1. The van der Waals surface area contributed by atoms with E-state index in [9.17, 15) is 9.59 Å². The first-order valence-electron chi connectivity index (χ1n) is 6.96. The number of aromatic nitrogens is 1. The highest BCUT2D eigenvalue weighted by molar-refractivity contribution is 7.22. The molecule has 8 nitrogen and oxygen atoms in total. The monoisotopic (exact) mass is 349 g/mol. The molecule has 126 valence electrons. The summed E-state index contributed by atoms with van der Waals surface area (Å²) in [5, 5.41) is 3.29. The maximum atomic E-state index is 11.9. The summed E-state index contributed by atoms with van der Waals surface area (Å²) in [6, 6.07) is 3.47. The van der Waals surface area contributed by atoms with Crippen molar-refractivity contribution in [1.29, 1.82) is 0 Å². The van der Waals surface area contributed by atoms with E-state index >= 15 is 0 Å². The summed E-state index contributed by atoms with van der Waals surface area (Å²) in [6.07, 6.45) is 1.24. The summed E-state index contributed by atoms with van der Waals surface area (Å²) in [4.78, 5) is 28.0. The second-order valence-electron chi connectivity index (χ2n) is 5.46. The number of carbonyl (C=O) groups excluding carboxylic acids is 2. The van der Waals surface area contributed by atoms with E-state index < -0.39 is 17.7 Å². The van der Waals surface area contributed by atoms with Crippen LogP contribution < -0.4 is 15.8 Å². The van der Waals surface area contributed by atoms with Crippen LogP contribution in [0.1, 0.15) is 13.8 Å². The topological polar surface area (TPSA) is 113 Å². The molecule has 9 heteroatoms. The molecule has 2 aromatic rings. The van der Waals surface area contributed by atoms with Gasteiger partial charge in [-0.2, -0.15) is 0 Å². The van der Waals surface area contributed by atoms with Crippen LogP contribution in [0.2, 0.25) is 0 Å². The third-order valence-corrected chi connectivity index (χ3v) is 4.03. The second-order valence-corrected chi connectivity index (χ2v) is 6.52. The third kappa shape index (κ3) is 2.98. The van der Waals surface area contributed by atoms with Crippen LogP contribution in [-0.4, -0.2) is 29.8 Å². The summed E-state index contributed by atoms with van der Waals surface area (Å²) < 4.78 is 16.1. The highest BCUT2D eigenvalue weighted by atomic mass is 32.1. The molecule has 0 amide bonds. The van der Waals surface area contributed by atoms with Gasteiger partial charge in [0.25, 0.3) is 5.79 Å². The zero-order chi connectivity index (χ0) is 17.5. The Labute approximate surface area is 141 Å². The van der Waals surface area contributed by atoms with Gasteiger partial charge in [-0.1, -0.05) is 11.3 Å². The number of anilines is 2. The van der Waals surface area contributed by atoms with Crippen LogP contribution in [0.4, 0.5) is 10.8 Å². The van der Waals surface area contributed by atoms with Gasteiger partial charge in [0.05, 0.1) is 11.8 Å². The molecule has 0 radical (unpaired) electrons. The number of benzene rings is 1. The highest BCUT2D eigenvalue weighted by Crippen LogP contribution is 2.34. The van der Waals surface area contributed by atoms with Gasteiger partial charge in [-0.3, -0.25) is 0 Å². The number of fused-ring (bicyclic) bond motifs is 1. The first-order chi connectivity index (χ1) is 11.3. The third-order valence-electron chi connectivity index (χ3n) is 3.20. The molecule has 1 fully saturated rings. The fraction of sp³-hybridized carbons (Fsp3) is 0.267. The van der Waals surface area contributed by atoms with E-state index in [0.29, 0.717) is 22.1 Å². The number of ether oxygens (including phenoxy) is 3. The van der Waals surface area contributed by atoms with Crippen molar-refractivity contribution in [1.82, 2.24) is 4.98 Å². The van der Waals surface area contributed by atoms with Gasteiger partial charge < -0.3 is 25.3 Å². The van der Waals surface area contributed by atoms with Crippen molar-refractivity contribution in [3.8, 4) is 5.75 Å². The van der Waals surface area contributed by atoms with Crippen molar-refractivity contribution >= 4 is 44.3 Å². The highest BCUT2D eigenvalue weighted by Gasteiger charge is 2.38. The molecule has 1 aromatic carbocycles. The van der Waals surface area contributed by atoms with Crippen molar-refractivity contribution in [2.45, 2.75) is 19.6 Å². The largest absolute Gasteiger partial charge is 0.494 e. The molecular weight excluding hydrogens is 334 g/mol. The SMILES string of the molecule is COc1cc(NC=C2C(=O)OC(C)(C)OC2=O)cc2sc(N)nc12. The van der Waals surface area contributed by atoms with E-state index in [1.165, 1.54) is 38.5 Å². The van der Waals surface area contributed by atoms with E-state index in [2.05, 4.69) is 10.3 Å². The zero-order valence-electron chi connectivity index (χ0n) is 13.2. The number of hydrogen-bond donors (Lipinski definition) is 2. The molecule has 0 unspecified atom stereocenters. The van der Waals surface area contributed by atoms with Gasteiger partial charge in [-0.05, 0) is 6.07 Å². The van der Waals surface area contributed by atoms with Crippen molar-refractivity contribution in [2.24, 2.45) is 0 Å². The molecule has 1 aliphatic rings. The number of rotatable bonds is 3. The molecule has 0 spiro atoms. The Kier molecular flexibility index (Phi) is 3.80. The van der Waals surface area contributed by atoms with E-state index in [0.717, 1.165) is 4.70 Å². The summed E-state index contributed by atoms with van der Waals surface area (Å²) in [7, 11) is 1.52. The van der Waals surface area contributed by atoms with Gasteiger partial charge in [0.1, 0.15) is 11.3 Å². The van der Waals surface area contributed by atoms with Crippen molar-refractivity contribution < 1.29 is 23.8 Å². The van der Waals surface area contributed by atoms with Gasteiger partial charge in [-0.15, -0.1) is 0 Å². The smallest absolute Gasteiger partial charge is 0.350 e. The molecule has 3 N–H and O–H groups in total. The van der Waals surface area contributed by atoms with Gasteiger partial charge in [0.2, 0.25) is 0 Å². The number of nitrogen functional groups attached to an aromatic ring is 1. The van der Waals surface area contributed by atoms with Crippen LogP contribution in [0.5, 0.6) is 5.75 Å². The molecule has 1 saturated heterocycles. The molecule has 1 aromatic heterocycles. The number of cyclic esters (lactones) is 2. The van der Waals surface area contributed by atoms with Crippen molar-refractivity contribution in [3.63, 3.8) is 0 Å². The van der Waals surface area contributed by atoms with E-state index in [1.54, 1.807) is 12.1 Å². The van der Waals surface area contributed by atoms with Gasteiger partial charge in [0, 0.05) is 31.8 Å². The molecule has 0 bridgehead atoms. The van der Waals surface area contributed by atoms with Gasteiger partial charge in [0.15, 0.2) is 10.7 Å². The predicted molar refractivity (Wildman–Crippen MR) is 88.6 cm³/mol. The molecule has 24 heavy (non-hydrogen) atoms. The normalized spacial score (nSPS) is 16.5. The Balaban J connectivity index is 1.90. The van der Waals surface area contributed by atoms with Crippen molar-refractivity contribution in [2.75, 3.05) is 18.2 Å². The number of methoxy groups -OCH3 is 1. The fourth-order valence-electron chi connectivity index (χ4n) is 2.19. The average Bonchev–Trinajstić information content (AvgIpc) is 2.84. The molecule has 0 saturated carbocycles. The number of thiazole rings is 1. The summed E-state index contributed by atoms with van der Waals surface area (Å²) in [6.45, 7) is 2.97. The minimum atomic E-state index is -1.27. The number of nitrogens with two attached hydrogens (primary N) is 1. The Morgan fingerprint density at radius 3 is 2.58 bits per heavy atom. The van der Waals surface area contributed by atoms with Crippen LogP contribution in [0.15, 0.2) is 23.9 Å². The lowest BCUT2D eigenvalue weighted by atomic mass is 10.2. The maximum Gasteiger partial charge on any atom is 0.350 e. The van der Waals surface area contributed by atoms with Crippen molar-refractivity contribution in [3.05, 3.63) is 23.9 Å². The standard InChI is InChI=1S/C15H15N3O5S/c1-15(2)22-12(19)8(13(20)23-15)6-17-7-4-9(21-3)11-10(5-7)24-14(16)18-11/h4-6,17H,1-3H3,(H2,16,18). The van der Waals surface area contributed by atoms with Gasteiger partial charge >= 0.3 is 11.9 Å². The Bertz CT molecular complexity index is 849. The quantitative estimate of drug-likeness (QED) is 0.492. The molecule has 0 aliphatic carbocycles. The van der Waals surface area contributed by atoms with Crippen LogP contribution in [0, 0.1) is 0 Å². The Morgan fingerprint density at radius 2 is 1.96 bits per heavy atom. The summed E-state index contributed by atoms with van der Waals surface area (Å²) >= 11 is 1.30. The van der Waals surface area contributed by atoms with E-state index in [4.69, 9.17) is 19.9 Å². The zero-order valence-corrected chi connectivity index (χ0v) is 14.0. The first-order valence-corrected chi connectivity index (χ1v) is 7.78. The minimum absolute atomic E-state index is 0.225. The number of esters is 2. The second kappa shape index (κ2) is 5.68. The van der Waals surface area contributed by atoms with E-state index in [-0.39, 0.29) is 5.57 Å². The molecular formula is C15H15N3O5S. The molecule has 0 atom stereocenters. The molecule has 1 aliphatic heterocycles. The lowest BCUT2D eigenvalue weighted by molar-refractivity contribution is -0.222. The lowest BCUT2D eigenvalue weighted by Crippen LogP contribution is -2.42. The van der Waals surface area contributed by atoms with Crippen LogP contribution in [0.3, 0.4) is 0 Å². The summed E-state index contributed by atoms with van der Waals surface area (Å²) in [5.41, 5.74) is 6.74. The fourth-order valence-corrected chi connectivity index (χ4v) is 2.98. The Morgan fingerprint density at radius 1 is 1.29 bits per heavy atom. The van der Waals surface area contributed by atoms with Crippen LogP contribution in [-0.2, 0) is 19.1 Å². The molecule has 2 heterocycles. The van der Waals surface area contributed by atoms with Crippen LogP contribution >= 0.6 is 11.3 Å². The number of carbonyl (C=O) groups is 2. The average molecular weight is 349 g/mol. The number of hydrogen-bond acceptors (Lipinski definition) is 9. The number of nitrogens with one attached hydrogen (secondary N) is 1. The summed E-state index contributed by atoms with van der Waals surface area (Å²) in [5.74, 6) is -2.25. The molecule has 3 rings (SSSR count). The van der Waals surface area contributed by atoms with E-state index in [1.807, 2.05) is 0 Å². The Hall–Kier alpha value is -2.81. The maximum absolute atomic E-state index is 11.9. The predicted octanol–water partition coefficient (Wildman–Crippen LogP) is 2.02. The van der Waals surface area contributed by atoms with Crippen LogP contribution in [0.25, 0.3) is 10.2 Å². The van der Waals surface area contributed by atoms with Gasteiger partial charge in [-0.25, -0.2) is 14.6 Å². The minimum Gasteiger partial charge on any atom is -0.494 e.